The van der Waals surface area contributed by atoms with Crippen LogP contribution in [0.15, 0.2) is 77.8 Å². The zero-order valence-electron chi connectivity index (χ0n) is 16.5. The zero-order valence-corrected chi connectivity index (χ0v) is 18.8. The van der Waals surface area contributed by atoms with Gasteiger partial charge in [0.15, 0.2) is 5.11 Å². The van der Waals surface area contributed by atoms with Gasteiger partial charge in [0.05, 0.1) is 22.1 Å². The van der Waals surface area contributed by atoms with Gasteiger partial charge in [-0.3, -0.25) is 4.79 Å². The molecule has 0 saturated heterocycles. The molecule has 0 aromatic heterocycles. The fourth-order valence-electron chi connectivity index (χ4n) is 3.31. The number of hydrogen-bond acceptors (Lipinski definition) is 3. The van der Waals surface area contributed by atoms with Crippen LogP contribution in [0, 0.1) is 0 Å². The first-order chi connectivity index (χ1) is 14.9. The number of carbonyl (C=O) groups excluding carboxylic acids is 1. The van der Waals surface area contributed by atoms with E-state index in [1.807, 2.05) is 54.6 Å². The third-order valence-electron chi connectivity index (χ3n) is 4.83. The molecule has 0 aliphatic carbocycles. The molecule has 0 bridgehead atoms. The molecule has 2 N–H and O–H groups in total. The van der Waals surface area contributed by atoms with Gasteiger partial charge in [0, 0.05) is 23.2 Å². The van der Waals surface area contributed by atoms with Crippen LogP contribution in [-0.4, -0.2) is 29.9 Å². The second-order valence-corrected chi connectivity index (χ2v) is 8.14. The van der Waals surface area contributed by atoms with E-state index in [9.17, 15) is 4.79 Å². The summed E-state index contributed by atoms with van der Waals surface area (Å²) in [5, 5.41) is 7.36. The maximum atomic E-state index is 13.2. The van der Waals surface area contributed by atoms with Gasteiger partial charge in [0.1, 0.15) is 0 Å². The molecule has 1 unspecified atom stereocenters. The van der Waals surface area contributed by atoms with Crippen LogP contribution in [0.2, 0.25) is 10.0 Å². The number of thiocarbonyl (C=S) groups is 1. The molecule has 8 heteroatoms. The highest BCUT2D eigenvalue weighted by Gasteiger charge is 2.30. The Kier molecular flexibility index (Phi) is 6.23. The predicted octanol–water partition coefficient (Wildman–Crippen LogP) is 5.12. The smallest absolute Gasteiger partial charge is 0.272 e. The molecule has 1 aliphatic heterocycles. The van der Waals surface area contributed by atoms with Gasteiger partial charge in [-0.05, 0) is 42.5 Å². The van der Waals surface area contributed by atoms with E-state index in [-0.39, 0.29) is 11.0 Å². The molecule has 3 aromatic carbocycles. The number of fused-ring (bicyclic) bond motifs is 1. The maximum Gasteiger partial charge on any atom is 0.272 e. The van der Waals surface area contributed by atoms with E-state index in [0.29, 0.717) is 27.1 Å². The van der Waals surface area contributed by atoms with Crippen LogP contribution in [0.1, 0.15) is 11.1 Å². The number of benzodiazepines with no additional fused rings is 1. The second-order valence-electron chi connectivity index (χ2n) is 6.88. The molecule has 156 valence electrons. The summed E-state index contributed by atoms with van der Waals surface area (Å²) in [7, 11) is 1.71. The second kappa shape index (κ2) is 9.06. The molecular formula is C23H18Cl2N4OS. The third-order valence-corrected chi connectivity index (χ3v) is 5.62. The van der Waals surface area contributed by atoms with Crippen LogP contribution < -0.4 is 15.5 Å². The topological polar surface area (TPSA) is 56.7 Å². The number of nitrogens with one attached hydrogen (secondary N) is 2. The fourth-order valence-corrected chi connectivity index (χ4v) is 3.89. The first-order valence-corrected chi connectivity index (χ1v) is 10.6. The van der Waals surface area contributed by atoms with Crippen LogP contribution in [-0.2, 0) is 4.79 Å². The highest BCUT2D eigenvalue weighted by molar-refractivity contribution is 7.80. The normalized spacial score (nSPS) is 15.6. The van der Waals surface area contributed by atoms with E-state index < -0.39 is 6.17 Å². The van der Waals surface area contributed by atoms with Crippen molar-refractivity contribution in [3.8, 4) is 0 Å². The quantitative estimate of drug-likeness (QED) is 0.523. The molecule has 4 rings (SSSR count). The monoisotopic (exact) mass is 468 g/mol. The molecule has 0 radical (unpaired) electrons. The summed E-state index contributed by atoms with van der Waals surface area (Å²) in [6.45, 7) is 0. The number of halogens is 2. The lowest BCUT2D eigenvalue weighted by atomic mass is 10.0. The Hall–Kier alpha value is -2.93. The van der Waals surface area contributed by atoms with E-state index in [1.54, 1.807) is 30.1 Å². The van der Waals surface area contributed by atoms with Gasteiger partial charge < -0.3 is 15.5 Å². The Morgan fingerprint density at radius 1 is 1.03 bits per heavy atom. The average molecular weight is 469 g/mol. The van der Waals surface area contributed by atoms with Gasteiger partial charge in [-0.1, -0.05) is 65.7 Å². The Morgan fingerprint density at radius 2 is 1.74 bits per heavy atom. The number of benzene rings is 3. The maximum absolute atomic E-state index is 13.2. The molecule has 0 saturated carbocycles. The molecule has 1 aliphatic rings. The summed E-state index contributed by atoms with van der Waals surface area (Å²) in [6.07, 6.45) is -0.936. The Balaban J connectivity index is 1.72. The van der Waals surface area contributed by atoms with Crippen LogP contribution in [0.3, 0.4) is 0 Å². The number of hydrogen-bond donors (Lipinski definition) is 2. The summed E-state index contributed by atoms with van der Waals surface area (Å²) in [4.78, 5) is 19.5. The van der Waals surface area contributed by atoms with Gasteiger partial charge in [0.2, 0.25) is 6.17 Å². The fraction of sp³-hybridized carbons (Fsp3) is 0.0870. The van der Waals surface area contributed by atoms with E-state index in [0.717, 1.165) is 11.1 Å². The van der Waals surface area contributed by atoms with Crippen molar-refractivity contribution in [1.29, 1.82) is 0 Å². The molecule has 0 spiro atoms. The molecule has 1 amide bonds. The third kappa shape index (κ3) is 4.56. The largest absolute Gasteiger partial charge is 0.333 e. The van der Waals surface area contributed by atoms with Crippen LogP contribution >= 0.6 is 35.4 Å². The van der Waals surface area contributed by atoms with E-state index in [2.05, 4.69) is 10.6 Å². The van der Waals surface area contributed by atoms with Crippen LogP contribution in [0.4, 0.5) is 11.4 Å². The molecular weight excluding hydrogens is 451 g/mol. The standard InChI is InChI=1S/C23H18Cl2N4OS/c1-29-19-12-11-15(24)13-16(19)20(14-7-3-2-4-8-14)27-21(22(29)30)28-23(31)26-18-10-6-5-9-17(18)25/h2-13,21H,1H3,(H2,26,28,31). The van der Waals surface area contributed by atoms with Crippen molar-refractivity contribution < 1.29 is 4.79 Å². The Bertz CT molecular complexity index is 1180. The van der Waals surface area contributed by atoms with Crippen molar-refractivity contribution >= 4 is 63.5 Å². The summed E-state index contributed by atoms with van der Waals surface area (Å²) in [5.41, 5.74) is 3.63. The number of amides is 1. The predicted molar refractivity (Wildman–Crippen MR) is 132 cm³/mol. The van der Waals surface area contributed by atoms with Crippen molar-refractivity contribution in [2.45, 2.75) is 6.17 Å². The van der Waals surface area contributed by atoms with Gasteiger partial charge in [-0.25, -0.2) is 4.99 Å². The molecule has 1 heterocycles. The lowest BCUT2D eigenvalue weighted by molar-refractivity contribution is -0.119. The lowest BCUT2D eigenvalue weighted by Crippen LogP contribution is -2.47. The van der Waals surface area contributed by atoms with Gasteiger partial charge in [0.25, 0.3) is 5.91 Å². The van der Waals surface area contributed by atoms with Gasteiger partial charge in [-0.2, -0.15) is 0 Å². The molecule has 1 atom stereocenters. The number of rotatable bonds is 3. The highest BCUT2D eigenvalue weighted by atomic mass is 35.5. The van der Waals surface area contributed by atoms with Crippen LogP contribution in [0.5, 0.6) is 0 Å². The number of carbonyl (C=O) groups is 1. The summed E-state index contributed by atoms with van der Waals surface area (Å²) in [6, 6.07) is 22.3. The minimum absolute atomic E-state index is 0.236. The number of anilines is 2. The number of para-hydroxylation sites is 1. The molecule has 5 nitrogen and oxygen atoms in total. The summed E-state index contributed by atoms with van der Waals surface area (Å²) in [5.74, 6) is -0.252. The van der Waals surface area contributed by atoms with Crippen molar-refractivity contribution in [1.82, 2.24) is 5.32 Å². The van der Waals surface area contributed by atoms with Gasteiger partial charge in [-0.15, -0.1) is 0 Å². The lowest BCUT2D eigenvalue weighted by Gasteiger charge is -2.22. The number of likely N-dealkylation sites (N-methyl/N-ethyl adjacent to an activating group) is 1. The van der Waals surface area contributed by atoms with E-state index in [1.165, 1.54) is 0 Å². The molecule has 0 fully saturated rings. The summed E-state index contributed by atoms with van der Waals surface area (Å²) >= 11 is 17.9. The number of nitrogens with zero attached hydrogens (tertiary/aromatic N) is 2. The van der Waals surface area contributed by atoms with E-state index in [4.69, 9.17) is 40.4 Å². The van der Waals surface area contributed by atoms with Crippen molar-refractivity contribution in [2.75, 3.05) is 17.3 Å². The molecule has 3 aromatic rings. The van der Waals surface area contributed by atoms with Crippen molar-refractivity contribution in [3.05, 3.63) is 94.0 Å². The zero-order chi connectivity index (χ0) is 22.0. The Morgan fingerprint density at radius 3 is 2.48 bits per heavy atom. The van der Waals surface area contributed by atoms with Gasteiger partial charge >= 0.3 is 0 Å². The van der Waals surface area contributed by atoms with Crippen molar-refractivity contribution in [2.24, 2.45) is 4.99 Å². The van der Waals surface area contributed by atoms with Crippen molar-refractivity contribution in [3.63, 3.8) is 0 Å². The highest BCUT2D eigenvalue weighted by Crippen LogP contribution is 2.30. The summed E-state index contributed by atoms with van der Waals surface area (Å²) < 4.78 is 0. The molecule has 31 heavy (non-hydrogen) atoms. The SMILES string of the molecule is CN1C(=O)C(NC(=S)Nc2ccccc2Cl)N=C(c2ccccc2)c2cc(Cl)ccc21. The first-order valence-electron chi connectivity index (χ1n) is 9.47. The van der Waals surface area contributed by atoms with Crippen LogP contribution in [0.25, 0.3) is 0 Å². The first kappa shape index (κ1) is 21.3. The number of aliphatic imine (C=N–C) groups is 1. The Labute approximate surface area is 195 Å². The van der Waals surface area contributed by atoms with E-state index >= 15 is 0 Å². The minimum atomic E-state index is -0.936. The minimum Gasteiger partial charge on any atom is -0.333 e. The average Bonchev–Trinajstić information content (AvgIpc) is 2.86.